The van der Waals surface area contributed by atoms with Gasteiger partial charge in [0.1, 0.15) is 11.5 Å². The Morgan fingerprint density at radius 1 is 1.07 bits per heavy atom. The van der Waals surface area contributed by atoms with E-state index in [9.17, 15) is 9.59 Å². The summed E-state index contributed by atoms with van der Waals surface area (Å²) in [5.41, 5.74) is 3.71. The monoisotopic (exact) mass is 397 g/mol. The lowest BCUT2D eigenvalue weighted by Crippen LogP contribution is -2.12. The summed E-state index contributed by atoms with van der Waals surface area (Å²) in [5, 5.41) is 0. The summed E-state index contributed by atoms with van der Waals surface area (Å²) in [7, 11) is 0. The van der Waals surface area contributed by atoms with E-state index >= 15 is 0 Å². The number of aryl methyl sites for hydroxylation is 1. The second kappa shape index (κ2) is 8.94. The van der Waals surface area contributed by atoms with Crippen molar-refractivity contribution in [3.63, 3.8) is 0 Å². The second-order valence-electron chi connectivity index (χ2n) is 6.77. The highest BCUT2D eigenvalue weighted by Gasteiger charge is 2.26. The van der Waals surface area contributed by atoms with Crippen LogP contribution in [0.3, 0.4) is 0 Å². The Balaban J connectivity index is 2.12. The molecule has 0 bridgehead atoms. The minimum absolute atomic E-state index is 0.257. The van der Waals surface area contributed by atoms with Gasteiger partial charge in [0.05, 0.1) is 42.0 Å². The average Bonchev–Trinajstić information content (AvgIpc) is 3.20. The lowest BCUT2D eigenvalue weighted by Gasteiger charge is -2.10. The predicted octanol–water partition coefficient (Wildman–Crippen LogP) is 4.03. The van der Waals surface area contributed by atoms with E-state index in [0.29, 0.717) is 23.4 Å². The van der Waals surface area contributed by atoms with Gasteiger partial charge in [-0.25, -0.2) is 14.6 Å². The van der Waals surface area contributed by atoms with Crippen molar-refractivity contribution in [3.05, 3.63) is 52.6 Å². The molecular weight excluding hydrogens is 370 g/mol. The topological polar surface area (TPSA) is 86.2 Å². The first-order valence-electron chi connectivity index (χ1n) is 10.0. The third kappa shape index (κ3) is 4.04. The third-order valence-electron chi connectivity index (χ3n) is 4.81. The SMILES string of the molecule is CCCc1nc2ccccc2n1Cc1[nH]c(C(=O)OCC)c(C)c1C(=O)OCC. The Kier molecular flexibility index (Phi) is 6.36. The highest BCUT2D eigenvalue weighted by Crippen LogP contribution is 2.25. The molecule has 0 aliphatic carbocycles. The molecule has 0 fully saturated rings. The van der Waals surface area contributed by atoms with Crippen molar-refractivity contribution in [1.82, 2.24) is 14.5 Å². The summed E-state index contributed by atoms with van der Waals surface area (Å²) in [6.07, 6.45) is 1.76. The summed E-state index contributed by atoms with van der Waals surface area (Å²) >= 11 is 0. The van der Waals surface area contributed by atoms with Crippen molar-refractivity contribution in [3.8, 4) is 0 Å². The molecule has 0 saturated carbocycles. The number of nitrogens with zero attached hydrogens (tertiary/aromatic N) is 2. The van der Waals surface area contributed by atoms with Crippen LogP contribution in [0.15, 0.2) is 24.3 Å². The number of hydrogen-bond acceptors (Lipinski definition) is 5. The van der Waals surface area contributed by atoms with Gasteiger partial charge in [-0.3, -0.25) is 0 Å². The molecule has 2 heterocycles. The van der Waals surface area contributed by atoms with E-state index in [4.69, 9.17) is 14.5 Å². The largest absolute Gasteiger partial charge is 0.462 e. The highest BCUT2D eigenvalue weighted by atomic mass is 16.5. The van der Waals surface area contributed by atoms with Crippen molar-refractivity contribution >= 4 is 23.0 Å². The summed E-state index contributed by atoms with van der Waals surface area (Å²) < 4.78 is 12.5. The maximum absolute atomic E-state index is 12.7. The zero-order valence-corrected chi connectivity index (χ0v) is 17.4. The Labute approximate surface area is 170 Å². The van der Waals surface area contributed by atoms with Gasteiger partial charge in [0.2, 0.25) is 0 Å². The van der Waals surface area contributed by atoms with Crippen LogP contribution in [0.1, 0.15) is 65.1 Å². The standard InChI is InChI=1S/C22H27N3O4/c1-5-10-18-23-15-11-8-9-12-17(15)25(18)13-16-19(21(26)28-6-2)14(4)20(24-16)22(27)29-7-3/h8-9,11-12,24H,5-7,10,13H2,1-4H3. The van der Waals surface area contributed by atoms with Crippen molar-refractivity contribution in [2.45, 2.75) is 47.1 Å². The quantitative estimate of drug-likeness (QED) is 0.580. The minimum atomic E-state index is -0.480. The molecule has 0 spiro atoms. The zero-order chi connectivity index (χ0) is 21.0. The van der Waals surface area contributed by atoms with E-state index < -0.39 is 11.9 Å². The first-order chi connectivity index (χ1) is 14.0. The smallest absolute Gasteiger partial charge is 0.355 e. The molecule has 0 aliphatic heterocycles. The Morgan fingerprint density at radius 2 is 1.76 bits per heavy atom. The van der Waals surface area contributed by atoms with Crippen LogP contribution in [0.2, 0.25) is 0 Å². The van der Waals surface area contributed by atoms with Crippen LogP contribution < -0.4 is 0 Å². The number of ether oxygens (including phenoxy) is 2. The number of nitrogens with one attached hydrogen (secondary N) is 1. The fraction of sp³-hybridized carbons (Fsp3) is 0.409. The molecule has 2 aromatic heterocycles. The van der Waals surface area contributed by atoms with E-state index in [1.807, 2.05) is 24.3 Å². The van der Waals surface area contributed by atoms with Crippen molar-refractivity contribution < 1.29 is 19.1 Å². The fourth-order valence-corrected chi connectivity index (χ4v) is 3.54. The summed E-state index contributed by atoms with van der Waals surface area (Å²) in [4.78, 5) is 32.9. The fourth-order valence-electron chi connectivity index (χ4n) is 3.54. The van der Waals surface area contributed by atoms with E-state index in [0.717, 1.165) is 29.7 Å². The zero-order valence-electron chi connectivity index (χ0n) is 17.4. The van der Waals surface area contributed by atoms with Crippen molar-refractivity contribution in [2.75, 3.05) is 13.2 Å². The Hall–Kier alpha value is -3.09. The van der Waals surface area contributed by atoms with Gasteiger partial charge in [-0.1, -0.05) is 19.1 Å². The van der Waals surface area contributed by atoms with Gasteiger partial charge in [0, 0.05) is 6.42 Å². The van der Waals surface area contributed by atoms with E-state index in [2.05, 4.69) is 16.5 Å². The molecular formula is C22H27N3O4. The number of rotatable bonds is 8. The van der Waals surface area contributed by atoms with Crippen molar-refractivity contribution in [2.24, 2.45) is 0 Å². The number of H-pyrrole nitrogens is 1. The van der Waals surface area contributed by atoms with Gasteiger partial charge in [0.15, 0.2) is 0 Å². The third-order valence-corrected chi connectivity index (χ3v) is 4.81. The summed E-state index contributed by atoms with van der Waals surface area (Å²) in [6.45, 7) is 8.24. The van der Waals surface area contributed by atoms with E-state index in [-0.39, 0.29) is 18.9 Å². The number of esters is 2. The molecule has 0 saturated heterocycles. The van der Waals surface area contributed by atoms with Crippen LogP contribution in [0.4, 0.5) is 0 Å². The first-order valence-corrected chi connectivity index (χ1v) is 10.0. The Bertz CT molecular complexity index is 1030. The number of aromatic amines is 1. The number of imidazole rings is 1. The molecule has 0 unspecified atom stereocenters. The summed E-state index contributed by atoms with van der Waals surface area (Å²) in [5.74, 6) is 0.00720. The molecule has 29 heavy (non-hydrogen) atoms. The van der Waals surface area contributed by atoms with Gasteiger partial charge in [-0.05, 0) is 44.9 Å². The van der Waals surface area contributed by atoms with Crippen LogP contribution in [-0.2, 0) is 22.4 Å². The molecule has 0 atom stereocenters. The molecule has 3 rings (SSSR count). The highest BCUT2D eigenvalue weighted by molar-refractivity contribution is 5.98. The number of fused-ring (bicyclic) bond motifs is 1. The number of benzene rings is 1. The van der Waals surface area contributed by atoms with Crippen LogP contribution in [-0.4, -0.2) is 39.7 Å². The molecule has 1 N–H and O–H groups in total. The average molecular weight is 397 g/mol. The predicted molar refractivity (Wildman–Crippen MR) is 110 cm³/mol. The lowest BCUT2D eigenvalue weighted by atomic mass is 10.1. The number of aromatic nitrogens is 3. The molecule has 1 aromatic carbocycles. The molecule has 0 aliphatic rings. The molecule has 7 nitrogen and oxygen atoms in total. The molecule has 3 aromatic rings. The minimum Gasteiger partial charge on any atom is -0.462 e. The molecule has 154 valence electrons. The van der Waals surface area contributed by atoms with Crippen molar-refractivity contribution in [1.29, 1.82) is 0 Å². The van der Waals surface area contributed by atoms with E-state index in [1.54, 1.807) is 20.8 Å². The maximum atomic E-state index is 12.7. The molecule has 0 radical (unpaired) electrons. The van der Waals surface area contributed by atoms with Crippen LogP contribution >= 0.6 is 0 Å². The molecule has 0 amide bonds. The maximum Gasteiger partial charge on any atom is 0.355 e. The number of hydrogen-bond donors (Lipinski definition) is 1. The molecule has 7 heteroatoms. The second-order valence-corrected chi connectivity index (χ2v) is 6.77. The summed E-state index contributed by atoms with van der Waals surface area (Å²) in [6, 6.07) is 7.90. The van der Waals surface area contributed by atoms with Crippen LogP contribution in [0, 0.1) is 6.92 Å². The lowest BCUT2D eigenvalue weighted by molar-refractivity contribution is 0.0517. The van der Waals surface area contributed by atoms with Gasteiger partial charge in [-0.15, -0.1) is 0 Å². The van der Waals surface area contributed by atoms with Gasteiger partial charge in [-0.2, -0.15) is 0 Å². The normalized spacial score (nSPS) is 11.0. The first kappa shape index (κ1) is 20.6. The van der Waals surface area contributed by atoms with Gasteiger partial charge >= 0.3 is 11.9 Å². The van der Waals surface area contributed by atoms with Gasteiger partial charge in [0.25, 0.3) is 0 Å². The number of carbonyl (C=O) groups excluding carboxylic acids is 2. The van der Waals surface area contributed by atoms with Crippen LogP contribution in [0.25, 0.3) is 11.0 Å². The van der Waals surface area contributed by atoms with Crippen LogP contribution in [0.5, 0.6) is 0 Å². The number of carbonyl (C=O) groups is 2. The van der Waals surface area contributed by atoms with E-state index in [1.165, 1.54) is 0 Å². The Morgan fingerprint density at radius 3 is 2.45 bits per heavy atom. The van der Waals surface area contributed by atoms with Gasteiger partial charge < -0.3 is 19.0 Å². The number of para-hydroxylation sites is 2.